The van der Waals surface area contributed by atoms with Crippen LogP contribution >= 0.6 is 11.6 Å². The minimum atomic E-state index is -0.247. The first kappa shape index (κ1) is 20.1. The molecule has 0 aliphatic carbocycles. The van der Waals surface area contributed by atoms with Crippen LogP contribution in [0.4, 0.5) is 5.95 Å². The largest absolute Gasteiger partial charge is 0.368 e. The highest BCUT2D eigenvalue weighted by atomic mass is 35.5. The molecule has 2 N–H and O–H groups in total. The molecule has 1 aliphatic rings. The number of anilines is 1. The van der Waals surface area contributed by atoms with Gasteiger partial charge in [0.2, 0.25) is 11.5 Å². The quantitative estimate of drug-likeness (QED) is 0.696. The van der Waals surface area contributed by atoms with E-state index in [0.29, 0.717) is 22.8 Å². The van der Waals surface area contributed by atoms with E-state index >= 15 is 0 Å². The summed E-state index contributed by atoms with van der Waals surface area (Å²) in [6, 6.07) is 10.2. The zero-order valence-corrected chi connectivity index (χ0v) is 17.3. The lowest BCUT2D eigenvalue weighted by Crippen LogP contribution is -2.39. The van der Waals surface area contributed by atoms with E-state index in [-0.39, 0.29) is 23.5 Å². The van der Waals surface area contributed by atoms with Gasteiger partial charge in [0.15, 0.2) is 0 Å². The van der Waals surface area contributed by atoms with E-state index in [2.05, 4.69) is 9.97 Å². The van der Waals surface area contributed by atoms with Gasteiger partial charge in [-0.3, -0.25) is 9.59 Å². The predicted molar refractivity (Wildman–Crippen MR) is 116 cm³/mol. The Kier molecular flexibility index (Phi) is 5.55. The van der Waals surface area contributed by atoms with Gasteiger partial charge < -0.3 is 15.2 Å². The maximum Gasteiger partial charge on any atom is 0.255 e. The number of hydrogen-bond acceptors (Lipinski definition) is 5. The number of halogens is 1. The molecule has 2 aromatic heterocycles. The number of carbonyl (C=O) groups is 1. The number of nitrogen functional groups attached to an aromatic ring is 1. The lowest BCUT2D eigenvalue weighted by atomic mass is 9.93. The fourth-order valence-corrected chi connectivity index (χ4v) is 4.08. The molecule has 3 heterocycles. The van der Waals surface area contributed by atoms with Gasteiger partial charge >= 0.3 is 0 Å². The van der Waals surface area contributed by atoms with Gasteiger partial charge in [-0.15, -0.1) is 0 Å². The summed E-state index contributed by atoms with van der Waals surface area (Å²) >= 11 is 6.19. The van der Waals surface area contributed by atoms with Crippen LogP contribution in [0.5, 0.6) is 0 Å². The van der Waals surface area contributed by atoms with E-state index in [4.69, 9.17) is 17.3 Å². The second-order valence-electron chi connectivity index (χ2n) is 7.41. The molecule has 0 spiro atoms. The van der Waals surface area contributed by atoms with Crippen molar-refractivity contribution in [2.75, 3.05) is 12.3 Å². The molecule has 154 valence electrons. The molecule has 4 rings (SSSR count). The molecule has 0 unspecified atom stereocenters. The molecule has 8 heteroatoms. The first-order chi connectivity index (χ1) is 14.4. The SMILES string of the molecule is Cn1cc(C(=O)N2CCCC[C@H]2c2nc(N)ncc2-c2cccc(Cl)c2)ccc1=O. The Hall–Kier alpha value is -3.19. The van der Waals surface area contributed by atoms with Crippen LogP contribution < -0.4 is 11.3 Å². The van der Waals surface area contributed by atoms with E-state index in [1.165, 1.54) is 10.6 Å². The fourth-order valence-electron chi connectivity index (χ4n) is 3.89. The third kappa shape index (κ3) is 3.93. The van der Waals surface area contributed by atoms with Crippen molar-refractivity contribution in [2.24, 2.45) is 7.05 Å². The Balaban J connectivity index is 1.78. The minimum Gasteiger partial charge on any atom is -0.368 e. The molecular weight excluding hydrogens is 402 g/mol. The zero-order chi connectivity index (χ0) is 21.3. The summed E-state index contributed by atoms with van der Waals surface area (Å²) in [5.41, 5.74) is 8.62. The number of nitrogens with two attached hydrogens (primary N) is 1. The second kappa shape index (κ2) is 8.28. The fraction of sp³-hybridized carbons (Fsp3) is 0.273. The lowest BCUT2D eigenvalue weighted by Gasteiger charge is -2.36. The summed E-state index contributed by atoms with van der Waals surface area (Å²) in [6.07, 6.45) is 5.90. The predicted octanol–water partition coefficient (Wildman–Crippen LogP) is 3.45. The van der Waals surface area contributed by atoms with Crippen molar-refractivity contribution in [3.05, 3.63) is 75.4 Å². The molecule has 3 aromatic rings. The van der Waals surface area contributed by atoms with Gasteiger partial charge in [0, 0.05) is 42.6 Å². The molecule has 0 saturated carbocycles. The lowest BCUT2D eigenvalue weighted by molar-refractivity contribution is 0.0606. The van der Waals surface area contributed by atoms with Gasteiger partial charge in [-0.2, -0.15) is 0 Å². The number of pyridine rings is 1. The van der Waals surface area contributed by atoms with Crippen LogP contribution in [0.1, 0.15) is 41.4 Å². The molecule has 1 aliphatic heterocycles. The number of rotatable bonds is 3. The highest BCUT2D eigenvalue weighted by Gasteiger charge is 2.32. The summed E-state index contributed by atoms with van der Waals surface area (Å²) < 4.78 is 1.41. The van der Waals surface area contributed by atoms with Crippen molar-refractivity contribution >= 4 is 23.5 Å². The van der Waals surface area contributed by atoms with Gasteiger partial charge in [0.25, 0.3) is 5.91 Å². The molecule has 7 nitrogen and oxygen atoms in total. The number of amides is 1. The Morgan fingerprint density at radius 3 is 2.83 bits per heavy atom. The first-order valence-electron chi connectivity index (χ1n) is 9.80. The Morgan fingerprint density at radius 1 is 1.23 bits per heavy atom. The average Bonchev–Trinajstić information content (AvgIpc) is 2.75. The smallest absolute Gasteiger partial charge is 0.255 e. The van der Waals surface area contributed by atoms with Crippen LogP contribution in [-0.4, -0.2) is 31.9 Å². The summed E-state index contributed by atoms with van der Waals surface area (Å²) in [7, 11) is 1.63. The highest BCUT2D eigenvalue weighted by Crippen LogP contribution is 2.37. The van der Waals surface area contributed by atoms with E-state index in [1.54, 1.807) is 31.6 Å². The van der Waals surface area contributed by atoms with E-state index < -0.39 is 0 Å². The maximum absolute atomic E-state index is 13.3. The summed E-state index contributed by atoms with van der Waals surface area (Å²) in [4.78, 5) is 35.6. The molecule has 1 amide bonds. The summed E-state index contributed by atoms with van der Waals surface area (Å²) in [5.74, 6) is 0.0281. The number of likely N-dealkylation sites (tertiary alicyclic amines) is 1. The Morgan fingerprint density at radius 2 is 2.07 bits per heavy atom. The van der Waals surface area contributed by atoms with Crippen molar-refractivity contribution in [3.8, 4) is 11.1 Å². The third-order valence-corrected chi connectivity index (χ3v) is 5.62. The average molecular weight is 424 g/mol. The van der Waals surface area contributed by atoms with Crippen LogP contribution in [0.3, 0.4) is 0 Å². The standard InChI is InChI=1S/C22H22ClN5O2/c1-27-13-15(8-9-19(27)29)21(30)28-10-3-2-7-18(28)20-17(12-25-22(24)26-20)14-5-4-6-16(23)11-14/h4-6,8-9,11-13,18H,2-3,7,10H2,1H3,(H2,24,25,26)/t18-/m0/s1. The van der Waals surface area contributed by atoms with E-state index in [1.807, 2.05) is 23.1 Å². The maximum atomic E-state index is 13.3. The topological polar surface area (TPSA) is 94.1 Å². The van der Waals surface area contributed by atoms with Crippen LogP contribution in [0.25, 0.3) is 11.1 Å². The second-order valence-corrected chi connectivity index (χ2v) is 7.85. The van der Waals surface area contributed by atoms with Crippen LogP contribution in [0.2, 0.25) is 5.02 Å². The van der Waals surface area contributed by atoms with E-state index in [0.717, 1.165) is 30.4 Å². The molecule has 30 heavy (non-hydrogen) atoms. The monoisotopic (exact) mass is 423 g/mol. The molecule has 1 aromatic carbocycles. The number of carbonyl (C=O) groups excluding carboxylic acids is 1. The van der Waals surface area contributed by atoms with Gasteiger partial charge in [0.05, 0.1) is 17.3 Å². The number of aromatic nitrogens is 3. The van der Waals surface area contributed by atoms with Crippen molar-refractivity contribution < 1.29 is 4.79 Å². The van der Waals surface area contributed by atoms with Gasteiger partial charge in [0.1, 0.15) is 0 Å². The first-order valence-corrected chi connectivity index (χ1v) is 10.2. The molecule has 1 saturated heterocycles. The van der Waals surface area contributed by atoms with Crippen molar-refractivity contribution in [2.45, 2.75) is 25.3 Å². The number of hydrogen-bond donors (Lipinski definition) is 1. The number of piperidine rings is 1. The van der Waals surface area contributed by atoms with Crippen LogP contribution in [0, 0.1) is 0 Å². The van der Waals surface area contributed by atoms with Crippen LogP contribution in [0.15, 0.2) is 53.6 Å². The summed E-state index contributed by atoms with van der Waals surface area (Å²) in [6.45, 7) is 0.602. The normalized spacial score (nSPS) is 16.5. The minimum absolute atomic E-state index is 0.135. The van der Waals surface area contributed by atoms with Gasteiger partial charge in [-0.1, -0.05) is 23.7 Å². The Labute approximate surface area is 179 Å². The number of nitrogens with zero attached hydrogens (tertiary/aromatic N) is 4. The highest BCUT2D eigenvalue weighted by molar-refractivity contribution is 6.30. The zero-order valence-electron chi connectivity index (χ0n) is 16.6. The molecule has 1 fully saturated rings. The van der Waals surface area contributed by atoms with Crippen molar-refractivity contribution in [1.29, 1.82) is 0 Å². The summed E-state index contributed by atoms with van der Waals surface area (Å²) in [5, 5.41) is 0.608. The van der Waals surface area contributed by atoms with Gasteiger partial charge in [-0.25, -0.2) is 9.97 Å². The molecular formula is C22H22ClN5O2. The number of aryl methyl sites for hydroxylation is 1. The molecule has 0 bridgehead atoms. The van der Waals surface area contributed by atoms with E-state index in [9.17, 15) is 9.59 Å². The van der Waals surface area contributed by atoms with Crippen molar-refractivity contribution in [3.63, 3.8) is 0 Å². The number of benzene rings is 1. The third-order valence-electron chi connectivity index (χ3n) is 5.38. The van der Waals surface area contributed by atoms with Crippen LogP contribution in [-0.2, 0) is 7.05 Å². The van der Waals surface area contributed by atoms with Crippen molar-refractivity contribution in [1.82, 2.24) is 19.4 Å². The molecule has 1 atom stereocenters. The molecule has 0 radical (unpaired) electrons. The van der Waals surface area contributed by atoms with Gasteiger partial charge in [-0.05, 0) is 43.0 Å². The Bertz CT molecular complexity index is 1160.